The highest BCUT2D eigenvalue weighted by molar-refractivity contribution is 5.85. The molecule has 2 heterocycles. The quantitative estimate of drug-likeness (QED) is 0.891. The van der Waals surface area contributed by atoms with E-state index >= 15 is 0 Å². The summed E-state index contributed by atoms with van der Waals surface area (Å²) in [4.78, 5) is 2.57. The van der Waals surface area contributed by atoms with E-state index in [1.807, 2.05) is 0 Å². The van der Waals surface area contributed by atoms with Crippen molar-refractivity contribution in [2.45, 2.75) is 46.1 Å². The van der Waals surface area contributed by atoms with Crippen LogP contribution >= 0.6 is 24.8 Å². The van der Waals surface area contributed by atoms with Gasteiger partial charge in [0.25, 0.3) is 0 Å². The van der Waals surface area contributed by atoms with E-state index in [0.29, 0.717) is 6.04 Å². The summed E-state index contributed by atoms with van der Waals surface area (Å²) in [5, 5.41) is 3.42. The summed E-state index contributed by atoms with van der Waals surface area (Å²) in [6.07, 6.45) is 3.73. The molecule has 1 aromatic heterocycles. The van der Waals surface area contributed by atoms with Gasteiger partial charge in [0.15, 0.2) is 0 Å². The fourth-order valence-corrected chi connectivity index (χ4v) is 2.66. The zero-order valence-corrected chi connectivity index (χ0v) is 14.4. The molecule has 0 saturated carbocycles. The van der Waals surface area contributed by atoms with Gasteiger partial charge in [-0.15, -0.1) is 24.8 Å². The number of nitrogens with one attached hydrogen (secondary N) is 1. The molecule has 1 aliphatic rings. The molecule has 0 bridgehead atoms. The van der Waals surface area contributed by atoms with E-state index in [9.17, 15) is 0 Å². The Hall–Kier alpha value is -0.220. The molecular formula is C15H28Cl2N2O. The van der Waals surface area contributed by atoms with Crippen LogP contribution in [0, 0.1) is 13.8 Å². The van der Waals surface area contributed by atoms with Crippen molar-refractivity contribution < 1.29 is 4.42 Å². The summed E-state index contributed by atoms with van der Waals surface area (Å²) >= 11 is 0. The van der Waals surface area contributed by atoms with Crippen molar-refractivity contribution in [3.8, 4) is 0 Å². The zero-order valence-electron chi connectivity index (χ0n) is 12.8. The van der Waals surface area contributed by atoms with E-state index in [1.165, 1.54) is 30.6 Å². The molecule has 1 saturated heterocycles. The van der Waals surface area contributed by atoms with Crippen molar-refractivity contribution in [2.24, 2.45) is 0 Å². The second kappa shape index (κ2) is 9.67. The lowest BCUT2D eigenvalue weighted by Gasteiger charge is -2.33. The molecule has 2 rings (SSSR count). The summed E-state index contributed by atoms with van der Waals surface area (Å²) in [5.41, 5.74) is 1.28. The fraction of sp³-hybridized carbons (Fsp3) is 0.733. The molecule has 1 fully saturated rings. The molecular weight excluding hydrogens is 295 g/mol. The number of unbranched alkanes of at least 4 members (excludes halogenated alkanes) is 1. The normalized spacial score (nSPS) is 17.1. The Labute approximate surface area is 135 Å². The lowest BCUT2D eigenvalue weighted by Crippen LogP contribution is -2.45. The van der Waals surface area contributed by atoms with Gasteiger partial charge in [-0.2, -0.15) is 0 Å². The number of rotatable bonds is 5. The molecule has 0 spiro atoms. The monoisotopic (exact) mass is 322 g/mol. The molecule has 3 nitrogen and oxygen atoms in total. The van der Waals surface area contributed by atoms with Crippen LogP contribution in [0.3, 0.4) is 0 Å². The van der Waals surface area contributed by atoms with Crippen molar-refractivity contribution in [3.05, 3.63) is 23.2 Å². The minimum absolute atomic E-state index is 0. The van der Waals surface area contributed by atoms with Crippen molar-refractivity contribution in [1.29, 1.82) is 0 Å². The van der Waals surface area contributed by atoms with E-state index in [1.54, 1.807) is 0 Å². The van der Waals surface area contributed by atoms with Gasteiger partial charge in [0.05, 0.1) is 6.04 Å². The molecule has 0 radical (unpaired) electrons. The number of hydrogen-bond donors (Lipinski definition) is 1. The van der Waals surface area contributed by atoms with Crippen molar-refractivity contribution in [1.82, 2.24) is 10.2 Å². The van der Waals surface area contributed by atoms with Gasteiger partial charge in [-0.1, -0.05) is 19.8 Å². The molecule has 118 valence electrons. The largest absolute Gasteiger partial charge is 0.464 e. The summed E-state index contributed by atoms with van der Waals surface area (Å²) in [5.74, 6) is 2.24. The second-order valence-corrected chi connectivity index (χ2v) is 5.33. The first-order valence-corrected chi connectivity index (χ1v) is 7.24. The van der Waals surface area contributed by atoms with Crippen molar-refractivity contribution in [3.63, 3.8) is 0 Å². The maximum absolute atomic E-state index is 5.96. The predicted octanol–water partition coefficient (Wildman–Crippen LogP) is 3.88. The molecule has 0 aromatic carbocycles. The van der Waals surface area contributed by atoms with Crippen LogP contribution in [0.1, 0.15) is 49.3 Å². The number of halogens is 2. The summed E-state index contributed by atoms with van der Waals surface area (Å²) in [6, 6.07) is 2.71. The summed E-state index contributed by atoms with van der Waals surface area (Å²) in [6.45, 7) is 10.9. The summed E-state index contributed by atoms with van der Waals surface area (Å²) in [7, 11) is 0. The highest BCUT2D eigenvalue weighted by atomic mass is 35.5. The number of piperazine rings is 1. The Kier molecular flexibility index (Phi) is 9.56. The number of hydrogen-bond acceptors (Lipinski definition) is 3. The lowest BCUT2D eigenvalue weighted by molar-refractivity contribution is 0.143. The minimum atomic E-state index is 0. The maximum atomic E-state index is 5.96. The van der Waals surface area contributed by atoms with Crippen LogP contribution in [0.25, 0.3) is 0 Å². The number of aryl methyl sites for hydroxylation is 2. The first kappa shape index (κ1) is 19.8. The minimum Gasteiger partial charge on any atom is -0.464 e. The highest BCUT2D eigenvalue weighted by Crippen LogP contribution is 2.29. The lowest BCUT2D eigenvalue weighted by atomic mass is 10.0. The average molecular weight is 323 g/mol. The Bertz CT molecular complexity index is 356. The van der Waals surface area contributed by atoms with E-state index in [2.05, 4.69) is 37.1 Å². The Morgan fingerprint density at radius 1 is 1.25 bits per heavy atom. The fourth-order valence-electron chi connectivity index (χ4n) is 2.66. The average Bonchev–Trinajstić information content (AvgIpc) is 2.71. The van der Waals surface area contributed by atoms with E-state index < -0.39 is 0 Å². The zero-order chi connectivity index (χ0) is 13.0. The van der Waals surface area contributed by atoms with Crippen LogP contribution < -0.4 is 5.32 Å². The molecule has 0 amide bonds. The Morgan fingerprint density at radius 3 is 2.40 bits per heavy atom. The van der Waals surface area contributed by atoms with E-state index in [4.69, 9.17) is 4.42 Å². The van der Waals surface area contributed by atoms with E-state index in [0.717, 1.165) is 31.9 Å². The van der Waals surface area contributed by atoms with Gasteiger partial charge in [-0.25, -0.2) is 0 Å². The third-order valence-electron chi connectivity index (χ3n) is 3.94. The molecule has 0 aliphatic carbocycles. The first-order chi connectivity index (χ1) is 8.72. The molecule has 1 atom stereocenters. The Balaban J connectivity index is 0.00000180. The van der Waals surface area contributed by atoms with Gasteiger partial charge in [-0.05, 0) is 31.9 Å². The number of furan rings is 1. The predicted molar refractivity (Wildman–Crippen MR) is 89.4 cm³/mol. The topological polar surface area (TPSA) is 28.4 Å². The molecule has 0 unspecified atom stereocenters. The first-order valence-electron chi connectivity index (χ1n) is 7.24. The molecule has 1 N–H and O–H groups in total. The standard InChI is InChI=1S/C15H26N2O.2ClH/c1-4-5-6-14(17-9-7-16-8-10-17)15-11-12(2)13(3)18-15;;/h11,14,16H,4-10H2,1-3H3;2*1H/t14-;;/m0../s1. The third kappa shape index (κ3) is 4.96. The van der Waals surface area contributed by atoms with Crippen molar-refractivity contribution in [2.75, 3.05) is 26.2 Å². The smallest absolute Gasteiger partial charge is 0.121 e. The molecule has 1 aliphatic heterocycles. The number of nitrogens with zero attached hydrogens (tertiary/aromatic N) is 1. The summed E-state index contributed by atoms with van der Waals surface area (Å²) < 4.78 is 5.96. The van der Waals surface area contributed by atoms with Crippen LogP contribution in [0.5, 0.6) is 0 Å². The Morgan fingerprint density at radius 2 is 1.90 bits per heavy atom. The van der Waals surface area contributed by atoms with Gasteiger partial charge in [0.1, 0.15) is 11.5 Å². The third-order valence-corrected chi connectivity index (χ3v) is 3.94. The molecule has 5 heteroatoms. The van der Waals surface area contributed by atoms with Crippen LogP contribution in [0.4, 0.5) is 0 Å². The van der Waals surface area contributed by atoms with Gasteiger partial charge < -0.3 is 9.73 Å². The van der Waals surface area contributed by atoms with Gasteiger partial charge in [-0.3, -0.25) is 4.90 Å². The van der Waals surface area contributed by atoms with Crippen LogP contribution in [-0.4, -0.2) is 31.1 Å². The highest BCUT2D eigenvalue weighted by Gasteiger charge is 2.24. The van der Waals surface area contributed by atoms with Crippen LogP contribution in [-0.2, 0) is 0 Å². The maximum Gasteiger partial charge on any atom is 0.121 e. The second-order valence-electron chi connectivity index (χ2n) is 5.33. The molecule has 1 aromatic rings. The van der Waals surface area contributed by atoms with Gasteiger partial charge in [0.2, 0.25) is 0 Å². The molecule has 20 heavy (non-hydrogen) atoms. The van der Waals surface area contributed by atoms with Gasteiger partial charge in [0, 0.05) is 26.2 Å². The SMILES string of the molecule is CCCC[C@@H](c1cc(C)c(C)o1)N1CCNCC1.Cl.Cl. The van der Waals surface area contributed by atoms with Crippen LogP contribution in [0.2, 0.25) is 0 Å². The van der Waals surface area contributed by atoms with Crippen LogP contribution in [0.15, 0.2) is 10.5 Å². The van der Waals surface area contributed by atoms with Crippen molar-refractivity contribution >= 4 is 24.8 Å². The van der Waals surface area contributed by atoms with Gasteiger partial charge >= 0.3 is 0 Å². The van der Waals surface area contributed by atoms with E-state index in [-0.39, 0.29) is 24.8 Å².